The maximum absolute atomic E-state index is 13.2. The first kappa shape index (κ1) is 21.9. The van der Waals surface area contributed by atoms with E-state index >= 15 is 0 Å². The summed E-state index contributed by atoms with van der Waals surface area (Å²) < 4.78 is 14.0. The van der Waals surface area contributed by atoms with E-state index in [4.69, 9.17) is 21.4 Å². The molecule has 0 spiro atoms. The van der Waals surface area contributed by atoms with Gasteiger partial charge in [0.05, 0.1) is 13.2 Å². The highest BCUT2D eigenvalue weighted by Crippen LogP contribution is 2.47. The van der Waals surface area contributed by atoms with Crippen molar-refractivity contribution in [1.82, 2.24) is 19.7 Å². The van der Waals surface area contributed by atoms with Gasteiger partial charge in [0, 0.05) is 30.5 Å². The summed E-state index contributed by atoms with van der Waals surface area (Å²) in [5, 5.41) is 7.27. The topological polar surface area (TPSA) is 76.3 Å². The third-order valence-corrected chi connectivity index (χ3v) is 6.83. The Balaban J connectivity index is 1.25. The summed E-state index contributed by atoms with van der Waals surface area (Å²) in [4.78, 5) is 15.2. The van der Waals surface area contributed by atoms with Crippen LogP contribution in [0.15, 0.2) is 40.8 Å². The van der Waals surface area contributed by atoms with Gasteiger partial charge in [-0.25, -0.2) is 0 Å². The van der Waals surface area contributed by atoms with Gasteiger partial charge in [0.15, 0.2) is 10.6 Å². The molecule has 2 aliphatic carbocycles. The Morgan fingerprint density at radius 3 is 2.70 bits per heavy atom. The average molecular weight is 467 g/mol. The van der Waals surface area contributed by atoms with Crippen LogP contribution in [-0.2, 0) is 17.9 Å². The number of amides is 1. The van der Waals surface area contributed by atoms with E-state index in [0.29, 0.717) is 48.8 Å². The molecule has 1 N–H and O–H groups in total. The molecule has 2 aliphatic rings. The minimum Gasteiger partial charge on any atom is -0.494 e. The minimum atomic E-state index is 0.121. The van der Waals surface area contributed by atoms with Crippen LogP contribution in [-0.4, -0.2) is 38.2 Å². The SMILES string of the molecule is CCOc1ccc(-c2n[nH]c(=S)n2CCC(=O)N(Cc2ccc(C3CC3C)o2)C2CC2)cc1. The summed E-state index contributed by atoms with van der Waals surface area (Å²) in [6.07, 6.45) is 3.67. The Labute approximate surface area is 198 Å². The molecule has 1 amide bonds. The second kappa shape index (κ2) is 9.17. The second-order valence-electron chi connectivity index (χ2n) is 9.09. The summed E-state index contributed by atoms with van der Waals surface area (Å²) >= 11 is 5.45. The molecule has 2 unspecified atom stereocenters. The predicted molar refractivity (Wildman–Crippen MR) is 127 cm³/mol. The van der Waals surface area contributed by atoms with E-state index in [1.165, 1.54) is 6.42 Å². The fraction of sp³-hybridized carbons (Fsp3) is 0.480. The molecule has 0 bridgehead atoms. The Hall–Kier alpha value is -2.87. The average Bonchev–Trinajstić information content (AvgIpc) is 3.71. The monoisotopic (exact) mass is 466 g/mol. The molecule has 2 aromatic heterocycles. The zero-order valence-corrected chi connectivity index (χ0v) is 19.9. The van der Waals surface area contributed by atoms with Gasteiger partial charge < -0.3 is 14.1 Å². The fourth-order valence-electron chi connectivity index (χ4n) is 4.34. The lowest BCUT2D eigenvalue weighted by molar-refractivity contribution is -0.132. The molecule has 3 aromatic rings. The number of hydrogen-bond donors (Lipinski definition) is 1. The number of ether oxygens (including phenoxy) is 1. The van der Waals surface area contributed by atoms with Crippen molar-refractivity contribution < 1.29 is 13.9 Å². The lowest BCUT2D eigenvalue weighted by Crippen LogP contribution is -2.33. The van der Waals surface area contributed by atoms with Crippen molar-refractivity contribution in [2.24, 2.45) is 5.92 Å². The molecule has 0 radical (unpaired) electrons. The van der Waals surface area contributed by atoms with Gasteiger partial charge in [-0.1, -0.05) is 6.92 Å². The van der Waals surface area contributed by atoms with Crippen molar-refractivity contribution in [3.05, 3.63) is 52.7 Å². The summed E-state index contributed by atoms with van der Waals surface area (Å²) in [5.41, 5.74) is 0.926. The van der Waals surface area contributed by atoms with Gasteiger partial charge in [0.1, 0.15) is 17.3 Å². The molecule has 174 valence electrons. The molecule has 5 rings (SSSR count). The first-order chi connectivity index (χ1) is 16.0. The van der Waals surface area contributed by atoms with Gasteiger partial charge in [-0.3, -0.25) is 14.5 Å². The highest BCUT2D eigenvalue weighted by atomic mass is 32.1. The molecule has 2 atom stereocenters. The van der Waals surface area contributed by atoms with Gasteiger partial charge in [-0.05, 0) is 80.7 Å². The third-order valence-electron chi connectivity index (χ3n) is 6.52. The molecular weight excluding hydrogens is 436 g/mol. The fourth-order valence-corrected chi connectivity index (χ4v) is 4.56. The second-order valence-corrected chi connectivity index (χ2v) is 9.47. The number of nitrogens with one attached hydrogen (secondary N) is 1. The predicted octanol–water partition coefficient (Wildman–Crippen LogP) is 5.30. The van der Waals surface area contributed by atoms with Gasteiger partial charge in [0.25, 0.3) is 0 Å². The number of carbonyl (C=O) groups excluding carboxylic acids is 1. The van der Waals surface area contributed by atoms with Gasteiger partial charge in [0.2, 0.25) is 5.91 Å². The van der Waals surface area contributed by atoms with Crippen molar-refractivity contribution in [3.63, 3.8) is 0 Å². The zero-order chi connectivity index (χ0) is 22.9. The number of hydrogen-bond acceptors (Lipinski definition) is 5. The smallest absolute Gasteiger partial charge is 0.225 e. The van der Waals surface area contributed by atoms with Crippen LogP contribution >= 0.6 is 12.2 Å². The molecule has 0 aliphatic heterocycles. The standard InChI is InChI=1S/C25H30N4O3S/c1-3-31-19-8-4-17(5-9-19)24-26-27-25(33)28(24)13-12-23(30)29(18-6-7-18)15-20-10-11-22(32-20)21-14-16(21)2/h4-5,8-11,16,18,21H,3,6-7,12-15H2,1-2H3,(H,27,33). The number of aromatic nitrogens is 3. The number of furan rings is 1. The number of rotatable bonds is 10. The van der Waals surface area contributed by atoms with Crippen LogP contribution in [0.25, 0.3) is 11.4 Å². The normalized spacial score (nSPS) is 19.5. The summed E-state index contributed by atoms with van der Waals surface area (Å²) in [6, 6.07) is 12.2. The van der Waals surface area contributed by atoms with Crippen LogP contribution in [0.1, 0.15) is 57.0 Å². The van der Waals surface area contributed by atoms with Gasteiger partial charge >= 0.3 is 0 Å². The van der Waals surface area contributed by atoms with Crippen LogP contribution in [0.2, 0.25) is 0 Å². The van der Waals surface area contributed by atoms with E-state index in [9.17, 15) is 4.79 Å². The van der Waals surface area contributed by atoms with Crippen molar-refractivity contribution in [2.75, 3.05) is 6.61 Å². The Kier molecular flexibility index (Phi) is 6.10. The Bertz CT molecular complexity index is 1170. The van der Waals surface area contributed by atoms with Crippen LogP contribution in [0.5, 0.6) is 5.75 Å². The van der Waals surface area contributed by atoms with E-state index in [2.05, 4.69) is 23.2 Å². The van der Waals surface area contributed by atoms with E-state index < -0.39 is 0 Å². The molecule has 2 fully saturated rings. The van der Waals surface area contributed by atoms with E-state index in [1.54, 1.807) is 0 Å². The largest absolute Gasteiger partial charge is 0.494 e. The Morgan fingerprint density at radius 1 is 1.27 bits per heavy atom. The number of aromatic amines is 1. The Morgan fingerprint density at radius 2 is 2.03 bits per heavy atom. The third kappa shape index (κ3) is 4.90. The van der Waals surface area contributed by atoms with E-state index in [0.717, 1.165) is 41.5 Å². The van der Waals surface area contributed by atoms with E-state index in [-0.39, 0.29) is 5.91 Å². The number of nitrogens with zero attached hydrogens (tertiary/aromatic N) is 3. The molecule has 0 saturated heterocycles. The highest BCUT2D eigenvalue weighted by Gasteiger charge is 2.37. The van der Waals surface area contributed by atoms with Crippen molar-refractivity contribution in [3.8, 4) is 17.1 Å². The number of benzene rings is 1. The molecule has 1 aromatic carbocycles. The number of carbonyl (C=O) groups is 1. The van der Waals surface area contributed by atoms with Gasteiger partial charge in [-0.15, -0.1) is 0 Å². The van der Waals surface area contributed by atoms with Gasteiger partial charge in [-0.2, -0.15) is 5.10 Å². The lowest BCUT2D eigenvalue weighted by atomic mass is 10.2. The first-order valence-electron chi connectivity index (χ1n) is 11.8. The lowest BCUT2D eigenvalue weighted by Gasteiger charge is -2.21. The quantitative estimate of drug-likeness (QED) is 0.410. The molecule has 8 heteroatoms. The van der Waals surface area contributed by atoms with Crippen molar-refractivity contribution in [2.45, 2.75) is 64.6 Å². The van der Waals surface area contributed by atoms with Crippen LogP contribution in [0, 0.1) is 10.7 Å². The van der Waals surface area contributed by atoms with E-state index in [1.807, 2.05) is 46.7 Å². The summed E-state index contributed by atoms with van der Waals surface area (Å²) in [6.45, 7) is 5.83. The van der Waals surface area contributed by atoms with Crippen molar-refractivity contribution >= 4 is 18.1 Å². The molecule has 2 heterocycles. The van der Waals surface area contributed by atoms with Crippen molar-refractivity contribution in [1.29, 1.82) is 0 Å². The van der Waals surface area contributed by atoms with Crippen LogP contribution in [0.3, 0.4) is 0 Å². The molecule has 2 saturated carbocycles. The molecule has 33 heavy (non-hydrogen) atoms. The molecule has 7 nitrogen and oxygen atoms in total. The first-order valence-corrected chi connectivity index (χ1v) is 12.2. The summed E-state index contributed by atoms with van der Waals surface area (Å²) in [5.74, 6) is 4.85. The minimum absolute atomic E-state index is 0.121. The summed E-state index contributed by atoms with van der Waals surface area (Å²) in [7, 11) is 0. The number of H-pyrrole nitrogens is 1. The zero-order valence-electron chi connectivity index (χ0n) is 19.1. The highest BCUT2D eigenvalue weighted by molar-refractivity contribution is 7.71. The van der Waals surface area contributed by atoms with Crippen LogP contribution < -0.4 is 4.74 Å². The molecular formula is C25H30N4O3S. The maximum atomic E-state index is 13.2. The maximum Gasteiger partial charge on any atom is 0.225 e. The van der Waals surface area contributed by atoms with Crippen LogP contribution in [0.4, 0.5) is 0 Å².